The van der Waals surface area contributed by atoms with E-state index in [4.69, 9.17) is 0 Å². The first-order chi connectivity index (χ1) is 15.5. The van der Waals surface area contributed by atoms with Crippen LogP contribution in [-0.2, 0) is 11.3 Å². The molecule has 4 nitrogen and oxygen atoms in total. The highest BCUT2D eigenvalue weighted by Gasteiger charge is 2.23. The lowest BCUT2D eigenvalue weighted by atomic mass is 10.0. The molecule has 160 valence electrons. The van der Waals surface area contributed by atoms with Gasteiger partial charge in [0, 0.05) is 24.7 Å². The van der Waals surface area contributed by atoms with Crippen LogP contribution in [-0.4, -0.2) is 16.7 Å². The van der Waals surface area contributed by atoms with Crippen LogP contribution in [0.2, 0.25) is 0 Å². The summed E-state index contributed by atoms with van der Waals surface area (Å²) in [5, 5.41) is 4.97. The summed E-state index contributed by atoms with van der Waals surface area (Å²) >= 11 is 0. The van der Waals surface area contributed by atoms with Crippen LogP contribution in [0.15, 0.2) is 97.1 Å². The van der Waals surface area contributed by atoms with Gasteiger partial charge in [0.15, 0.2) is 0 Å². The van der Waals surface area contributed by atoms with Gasteiger partial charge in [-0.25, -0.2) is 0 Å². The Morgan fingerprint density at radius 3 is 2.28 bits per heavy atom. The van der Waals surface area contributed by atoms with E-state index >= 15 is 0 Å². The van der Waals surface area contributed by atoms with E-state index in [1.807, 2.05) is 109 Å². The number of carbonyl (C=O) groups is 2. The van der Waals surface area contributed by atoms with Crippen molar-refractivity contribution < 1.29 is 9.59 Å². The maximum atomic E-state index is 13.7. The molecule has 32 heavy (non-hydrogen) atoms. The van der Waals surface area contributed by atoms with Gasteiger partial charge < -0.3 is 10.2 Å². The molecule has 0 heterocycles. The molecule has 4 rings (SSSR count). The van der Waals surface area contributed by atoms with Gasteiger partial charge in [-0.2, -0.15) is 0 Å². The minimum absolute atomic E-state index is 0.0305. The van der Waals surface area contributed by atoms with Gasteiger partial charge in [-0.15, -0.1) is 0 Å². The number of fused-ring (bicyclic) bond motifs is 1. The molecule has 1 N–H and O–H groups in total. The van der Waals surface area contributed by atoms with Crippen molar-refractivity contribution in [2.45, 2.75) is 26.4 Å². The fourth-order valence-corrected chi connectivity index (χ4v) is 3.91. The highest BCUT2D eigenvalue weighted by atomic mass is 16.2. The minimum atomic E-state index is -0.192. The Bertz CT molecular complexity index is 1250. The van der Waals surface area contributed by atoms with Crippen molar-refractivity contribution in [3.8, 4) is 0 Å². The van der Waals surface area contributed by atoms with Gasteiger partial charge in [-0.3, -0.25) is 9.59 Å². The van der Waals surface area contributed by atoms with E-state index in [0.29, 0.717) is 12.1 Å². The quantitative estimate of drug-likeness (QED) is 0.402. The van der Waals surface area contributed by atoms with Gasteiger partial charge in [0.05, 0.1) is 6.04 Å². The van der Waals surface area contributed by atoms with Crippen molar-refractivity contribution in [2.24, 2.45) is 0 Å². The van der Waals surface area contributed by atoms with Crippen molar-refractivity contribution in [2.75, 3.05) is 5.32 Å². The van der Waals surface area contributed by atoms with Crippen molar-refractivity contribution >= 4 is 28.3 Å². The van der Waals surface area contributed by atoms with Gasteiger partial charge in [-0.05, 0) is 53.1 Å². The molecule has 1 unspecified atom stereocenters. The first-order valence-corrected chi connectivity index (χ1v) is 10.7. The Balaban J connectivity index is 1.70. The maximum Gasteiger partial charge on any atom is 0.254 e. The van der Waals surface area contributed by atoms with Crippen LogP contribution in [0.3, 0.4) is 0 Å². The Kier molecular flexibility index (Phi) is 6.31. The topological polar surface area (TPSA) is 49.4 Å². The summed E-state index contributed by atoms with van der Waals surface area (Å²) in [6.45, 7) is 3.99. The van der Waals surface area contributed by atoms with Crippen molar-refractivity contribution in [1.82, 2.24) is 4.90 Å². The summed E-state index contributed by atoms with van der Waals surface area (Å²) < 4.78 is 0. The number of rotatable bonds is 6. The molecule has 0 bridgehead atoms. The predicted octanol–water partition coefficient (Wildman–Crippen LogP) is 6.20. The normalized spacial score (nSPS) is 11.7. The molecule has 1 atom stereocenters. The van der Waals surface area contributed by atoms with E-state index in [2.05, 4.69) is 5.32 Å². The van der Waals surface area contributed by atoms with E-state index in [1.165, 1.54) is 6.92 Å². The zero-order valence-electron chi connectivity index (χ0n) is 18.3. The smallest absolute Gasteiger partial charge is 0.254 e. The number of hydrogen-bond acceptors (Lipinski definition) is 2. The van der Waals surface area contributed by atoms with Crippen LogP contribution in [0.5, 0.6) is 0 Å². The Morgan fingerprint density at radius 1 is 0.812 bits per heavy atom. The summed E-state index contributed by atoms with van der Waals surface area (Å²) in [4.78, 5) is 27.1. The molecule has 4 aromatic rings. The molecule has 4 heteroatoms. The van der Waals surface area contributed by atoms with Crippen LogP contribution in [0.25, 0.3) is 10.8 Å². The average Bonchev–Trinajstić information content (AvgIpc) is 2.82. The minimum Gasteiger partial charge on any atom is -0.328 e. The van der Waals surface area contributed by atoms with Crippen molar-refractivity contribution in [3.63, 3.8) is 0 Å². The van der Waals surface area contributed by atoms with E-state index in [0.717, 1.165) is 27.6 Å². The van der Waals surface area contributed by atoms with E-state index in [1.54, 1.807) is 0 Å². The van der Waals surface area contributed by atoms with Crippen molar-refractivity contribution in [3.05, 3.63) is 114 Å². The van der Waals surface area contributed by atoms with Crippen LogP contribution in [0.4, 0.5) is 5.69 Å². The third kappa shape index (κ3) is 4.86. The molecule has 0 fully saturated rings. The lowest BCUT2D eigenvalue weighted by Gasteiger charge is -2.30. The molecule has 2 amide bonds. The fourth-order valence-electron chi connectivity index (χ4n) is 3.91. The maximum absolute atomic E-state index is 13.7. The molecular weight excluding hydrogens is 396 g/mol. The highest BCUT2D eigenvalue weighted by molar-refractivity contribution is 5.98. The Morgan fingerprint density at radius 2 is 1.53 bits per heavy atom. The molecule has 0 aliphatic heterocycles. The summed E-state index contributed by atoms with van der Waals surface area (Å²) in [6.07, 6.45) is 0. The van der Waals surface area contributed by atoms with Gasteiger partial charge in [-0.1, -0.05) is 72.8 Å². The number of anilines is 1. The first-order valence-electron chi connectivity index (χ1n) is 10.7. The first kappa shape index (κ1) is 21.3. The molecule has 0 spiro atoms. The van der Waals surface area contributed by atoms with Crippen LogP contribution in [0.1, 0.15) is 41.4 Å². The van der Waals surface area contributed by atoms with Crippen LogP contribution in [0, 0.1) is 0 Å². The molecule has 0 aliphatic rings. The zero-order chi connectivity index (χ0) is 22.5. The van der Waals surface area contributed by atoms with Gasteiger partial charge in [0.2, 0.25) is 5.91 Å². The third-order valence-electron chi connectivity index (χ3n) is 5.61. The summed E-state index contributed by atoms with van der Waals surface area (Å²) in [5.74, 6) is -0.153. The SMILES string of the molecule is CC(=O)Nc1cccc(C(C)N(Cc2ccccc2)C(=O)c2ccc3ccccc3c2)c1. The number of nitrogens with zero attached hydrogens (tertiary/aromatic N) is 1. The second-order valence-electron chi connectivity index (χ2n) is 7.96. The van der Waals surface area contributed by atoms with Crippen LogP contribution < -0.4 is 5.32 Å². The van der Waals surface area contributed by atoms with Gasteiger partial charge in [0.25, 0.3) is 5.91 Å². The Hall–Kier alpha value is -3.92. The second kappa shape index (κ2) is 9.48. The summed E-state index contributed by atoms with van der Waals surface area (Å²) in [7, 11) is 0. The lowest BCUT2D eigenvalue weighted by Crippen LogP contribution is -2.33. The fraction of sp³-hybridized carbons (Fsp3) is 0.143. The zero-order valence-corrected chi connectivity index (χ0v) is 18.3. The van der Waals surface area contributed by atoms with Crippen molar-refractivity contribution in [1.29, 1.82) is 0 Å². The predicted molar refractivity (Wildman–Crippen MR) is 129 cm³/mol. The monoisotopic (exact) mass is 422 g/mol. The molecule has 0 radical (unpaired) electrons. The number of amides is 2. The molecule has 0 aromatic heterocycles. The largest absolute Gasteiger partial charge is 0.328 e. The molecule has 0 saturated heterocycles. The molecule has 0 saturated carbocycles. The summed E-state index contributed by atoms with van der Waals surface area (Å²) in [5.41, 5.74) is 3.40. The van der Waals surface area contributed by atoms with E-state index in [9.17, 15) is 9.59 Å². The second-order valence-corrected chi connectivity index (χ2v) is 7.96. The van der Waals surface area contributed by atoms with E-state index in [-0.39, 0.29) is 17.9 Å². The number of nitrogens with one attached hydrogen (secondary N) is 1. The standard InChI is InChI=1S/C28H26N2O2/c1-20(24-13-8-14-27(18-24)29-21(2)31)30(19-22-9-4-3-5-10-22)28(32)26-16-15-23-11-6-7-12-25(23)17-26/h3-18,20H,19H2,1-2H3,(H,29,31). The number of carbonyl (C=O) groups excluding carboxylic acids is 2. The highest BCUT2D eigenvalue weighted by Crippen LogP contribution is 2.27. The van der Waals surface area contributed by atoms with E-state index < -0.39 is 0 Å². The third-order valence-corrected chi connectivity index (χ3v) is 5.61. The number of benzene rings is 4. The average molecular weight is 423 g/mol. The van der Waals surface area contributed by atoms with Gasteiger partial charge in [0.1, 0.15) is 0 Å². The lowest BCUT2D eigenvalue weighted by molar-refractivity contribution is -0.114. The Labute approximate surface area is 188 Å². The number of hydrogen-bond donors (Lipinski definition) is 1. The molecule has 0 aliphatic carbocycles. The van der Waals surface area contributed by atoms with Gasteiger partial charge >= 0.3 is 0 Å². The van der Waals surface area contributed by atoms with Crippen LogP contribution >= 0.6 is 0 Å². The molecular formula is C28H26N2O2. The molecule has 4 aromatic carbocycles. The summed E-state index contributed by atoms with van der Waals surface area (Å²) in [6, 6.07) is 31.3.